The summed E-state index contributed by atoms with van der Waals surface area (Å²) in [5.74, 6) is 0.707. The first-order valence-electron chi connectivity index (χ1n) is 7.32. The number of anilines is 2. The molecule has 10 heteroatoms. The van der Waals surface area contributed by atoms with Gasteiger partial charge in [-0.15, -0.1) is 11.3 Å². The Morgan fingerprint density at radius 1 is 1.15 bits per heavy atom. The molecule has 0 unspecified atom stereocenters. The average molecular weight is 393 g/mol. The monoisotopic (exact) mass is 393 g/mol. The summed E-state index contributed by atoms with van der Waals surface area (Å²) < 4.78 is 15.9. The minimum atomic E-state index is -0.816. The Balaban J connectivity index is 1.89. The van der Waals surface area contributed by atoms with E-state index in [0.717, 1.165) is 4.70 Å². The van der Waals surface area contributed by atoms with E-state index in [2.05, 4.69) is 20.4 Å². The Hall–Kier alpha value is -2.85. The molecule has 3 aromatic rings. The highest BCUT2D eigenvalue weighted by molar-refractivity contribution is 7.22. The lowest BCUT2D eigenvalue weighted by molar-refractivity contribution is 0.0938. The molecule has 8 nitrogen and oxygen atoms in total. The molecule has 3 rings (SSSR count). The van der Waals surface area contributed by atoms with Gasteiger partial charge in [0.15, 0.2) is 5.13 Å². The number of methoxy groups -OCH3 is 3. The molecule has 2 amide bonds. The number of benzene rings is 1. The van der Waals surface area contributed by atoms with Crippen LogP contribution in [0.2, 0.25) is 0 Å². The van der Waals surface area contributed by atoms with E-state index in [0.29, 0.717) is 32.7 Å². The maximum Gasteiger partial charge on any atom is 0.413 e. The lowest BCUT2D eigenvalue weighted by Gasteiger charge is -2.04. The molecule has 0 aliphatic carbocycles. The summed E-state index contributed by atoms with van der Waals surface area (Å²) in [6.07, 6.45) is -0.816. The first-order chi connectivity index (χ1) is 12.5. The van der Waals surface area contributed by atoms with E-state index >= 15 is 0 Å². The van der Waals surface area contributed by atoms with Crippen molar-refractivity contribution in [1.29, 1.82) is 0 Å². The number of carbonyl (C=O) groups is 2. The molecular weight excluding hydrogens is 378 g/mol. The second-order valence-corrected chi connectivity index (χ2v) is 6.88. The number of carbonyl (C=O) groups excluding carboxylic acids is 2. The predicted octanol–water partition coefficient (Wildman–Crippen LogP) is 3.61. The average Bonchev–Trinajstić information content (AvgIpc) is 3.27. The van der Waals surface area contributed by atoms with Gasteiger partial charge in [0.2, 0.25) is 0 Å². The zero-order valence-corrected chi connectivity index (χ0v) is 15.7. The van der Waals surface area contributed by atoms with Gasteiger partial charge < -0.3 is 19.5 Å². The van der Waals surface area contributed by atoms with Gasteiger partial charge in [0, 0.05) is 6.07 Å². The van der Waals surface area contributed by atoms with Crippen LogP contribution in [0.1, 0.15) is 10.4 Å². The molecule has 0 radical (unpaired) electrons. The molecule has 2 N–H and O–H groups in total. The Labute approximate surface area is 156 Å². The van der Waals surface area contributed by atoms with E-state index in [1.807, 2.05) is 6.07 Å². The fraction of sp³-hybridized carbons (Fsp3) is 0.188. The van der Waals surface area contributed by atoms with Gasteiger partial charge >= 0.3 is 6.09 Å². The van der Waals surface area contributed by atoms with Gasteiger partial charge in [-0.05, 0) is 17.5 Å². The molecule has 0 bridgehead atoms. The highest BCUT2D eigenvalue weighted by atomic mass is 32.1. The molecule has 2 aromatic heterocycles. The smallest absolute Gasteiger partial charge is 0.413 e. The van der Waals surface area contributed by atoms with Crippen molar-refractivity contribution in [3.63, 3.8) is 0 Å². The largest absolute Gasteiger partial charge is 0.497 e. The first-order valence-corrected chi connectivity index (χ1v) is 9.01. The second kappa shape index (κ2) is 7.58. The number of nitrogens with zero attached hydrogens (tertiary/aromatic N) is 1. The van der Waals surface area contributed by atoms with Gasteiger partial charge in [0.25, 0.3) is 5.91 Å². The third-order valence-electron chi connectivity index (χ3n) is 3.42. The topological polar surface area (TPSA) is 98.8 Å². The molecule has 0 aliphatic rings. The van der Waals surface area contributed by atoms with Crippen LogP contribution in [-0.4, -0.2) is 38.3 Å². The van der Waals surface area contributed by atoms with Crippen LogP contribution in [0.3, 0.4) is 0 Å². The third-order valence-corrected chi connectivity index (χ3v) is 5.17. The predicted molar refractivity (Wildman–Crippen MR) is 100 cm³/mol. The summed E-state index contributed by atoms with van der Waals surface area (Å²) in [4.78, 5) is 27.9. The summed E-state index contributed by atoms with van der Waals surface area (Å²) in [7, 11) is 4.34. The number of fused-ring (bicyclic) bond motifs is 1. The van der Waals surface area contributed by atoms with Gasteiger partial charge in [-0.2, -0.15) is 0 Å². The molecule has 0 atom stereocenters. The summed E-state index contributed by atoms with van der Waals surface area (Å²) in [6, 6.07) is 5.23. The van der Waals surface area contributed by atoms with Crippen LogP contribution in [0.25, 0.3) is 10.2 Å². The standard InChI is InChI=1S/C16H15N3O5S2/c1-22-8-6-10(23-2)12-11(7-8)26-15(17-12)19-14-9(4-5-25-14)13(20)18-16(21)24-3/h4-7H,1-3H3,(H,17,19)(H,18,20,21). The summed E-state index contributed by atoms with van der Waals surface area (Å²) >= 11 is 2.72. The number of amides is 2. The van der Waals surface area contributed by atoms with Gasteiger partial charge in [-0.25, -0.2) is 9.78 Å². The van der Waals surface area contributed by atoms with Crippen molar-refractivity contribution in [3.8, 4) is 11.5 Å². The van der Waals surface area contributed by atoms with Gasteiger partial charge in [0.05, 0.1) is 31.6 Å². The van der Waals surface area contributed by atoms with Crippen molar-refractivity contribution < 1.29 is 23.8 Å². The van der Waals surface area contributed by atoms with E-state index in [1.165, 1.54) is 29.8 Å². The van der Waals surface area contributed by atoms with E-state index in [4.69, 9.17) is 9.47 Å². The number of thiazole rings is 1. The third kappa shape index (κ3) is 3.55. The Kier molecular flexibility index (Phi) is 5.24. The molecule has 0 aliphatic heterocycles. The normalized spacial score (nSPS) is 10.4. The quantitative estimate of drug-likeness (QED) is 0.683. The second-order valence-electron chi connectivity index (χ2n) is 4.93. The number of nitrogens with one attached hydrogen (secondary N) is 2. The van der Waals surface area contributed by atoms with Crippen molar-refractivity contribution in [2.45, 2.75) is 0 Å². The number of thiophene rings is 1. The highest BCUT2D eigenvalue weighted by Crippen LogP contribution is 2.38. The van der Waals surface area contributed by atoms with Crippen LogP contribution in [0.4, 0.5) is 14.9 Å². The zero-order valence-electron chi connectivity index (χ0n) is 14.1. The zero-order chi connectivity index (χ0) is 18.7. The van der Waals surface area contributed by atoms with E-state index in [-0.39, 0.29) is 0 Å². The summed E-state index contributed by atoms with van der Waals surface area (Å²) in [5, 5.41) is 8.14. The highest BCUT2D eigenvalue weighted by Gasteiger charge is 2.18. The lowest BCUT2D eigenvalue weighted by Crippen LogP contribution is -2.30. The fourth-order valence-electron chi connectivity index (χ4n) is 2.19. The molecule has 0 saturated carbocycles. The van der Waals surface area contributed by atoms with Crippen LogP contribution >= 0.6 is 22.7 Å². The maximum absolute atomic E-state index is 12.1. The lowest BCUT2D eigenvalue weighted by atomic mass is 10.3. The van der Waals surface area contributed by atoms with Gasteiger partial charge in [-0.3, -0.25) is 10.1 Å². The summed E-state index contributed by atoms with van der Waals surface area (Å²) in [5.41, 5.74) is 1.02. The van der Waals surface area contributed by atoms with Crippen molar-refractivity contribution in [2.24, 2.45) is 0 Å². The van der Waals surface area contributed by atoms with Crippen molar-refractivity contribution in [2.75, 3.05) is 26.6 Å². The Morgan fingerprint density at radius 2 is 1.96 bits per heavy atom. The molecule has 26 heavy (non-hydrogen) atoms. The van der Waals surface area contributed by atoms with Crippen molar-refractivity contribution in [3.05, 3.63) is 29.1 Å². The van der Waals surface area contributed by atoms with Gasteiger partial charge in [-0.1, -0.05) is 11.3 Å². The number of hydrogen-bond donors (Lipinski definition) is 2. The van der Waals surface area contributed by atoms with E-state index in [1.54, 1.807) is 31.7 Å². The minimum absolute atomic E-state index is 0.323. The van der Waals surface area contributed by atoms with Crippen LogP contribution in [-0.2, 0) is 4.74 Å². The van der Waals surface area contributed by atoms with Crippen LogP contribution in [0.15, 0.2) is 23.6 Å². The molecule has 136 valence electrons. The summed E-state index contributed by atoms with van der Waals surface area (Å²) in [6.45, 7) is 0. The number of hydrogen-bond acceptors (Lipinski definition) is 9. The van der Waals surface area contributed by atoms with E-state index in [9.17, 15) is 9.59 Å². The van der Waals surface area contributed by atoms with Crippen LogP contribution in [0, 0.1) is 0 Å². The fourth-order valence-corrected chi connectivity index (χ4v) is 3.96. The Bertz CT molecular complexity index is 966. The van der Waals surface area contributed by atoms with Gasteiger partial charge in [0.1, 0.15) is 22.0 Å². The molecular formula is C16H15N3O5S2. The number of rotatable bonds is 5. The SMILES string of the molecule is COC(=O)NC(=O)c1ccsc1Nc1nc2c(OC)cc(OC)cc2s1. The number of alkyl carbamates (subject to hydrolysis) is 1. The van der Waals surface area contributed by atoms with Crippen molar-refractivity contribution >= 4 is 55.0 Å². The molecule has 0 spiro atoms. The minimum Gasteiger partial charge on any atom is -0.497 e. The van der Waals surface area contributed by atoms with Crippen molar-refractivity contribution in [1.82, 2.24) is 10.3 Å². The number of ether oxygens (including phenoxy) is 3. The first kappa shape index (κ1) is 18.0. The Morgan fingerprint density at radius 3 is 2.65 bits per heavy atom. The number of aromatic nitrogens is 1. The van der Waals surface area contributed by atoms with Crippen LogP contribution < -0.4 is 20.1 Å². The maximum atomic E-state index is 12.1. The molecule has 0 saturated heterocycles. The molecule has 2 heterocycles. The van der Waals surface area contributed by atoms with E-state index < -0.39 is 12.0 Å². The number of imide groups is 1. The van der Waals surface area contributed by atoms with Crippen LogP contribution in [0.5, 0.6) is 11.5 Å². The molecule has 0 fully saturated rings. The molecule has 1 aromatic carbocycles.